The average Bonchev–Trinajstić information content (AvgIpc) is 2.46. The number of nitrogens with one attached hydrogen (secondary N) is 1. The van der Waals surface area contributed by atoms with E-state index in [1.54, 1.807) is 0 Å². The van der Waals surface area contributed by atoms with Crippen molar-refractivity contribution in [2.45, 2.75) is 90.8 Å². The van der Waals surface area contributed by atoms with Gasteiger partial charge < -0.3 is 10.1 Å². The molecular weight excluding hydrogens is 258 g/mol. The van der Waals surface area contributed by atoms with Crippen molar-refractivity contribution in [3.05, 3.63) is 0 Å². The molecule has 2 saturated carbocycles. The van der Waals surface area contributed by atoms with Crippen molar-refractivity contribution in [2.24, 2.45) is 17.8 Å². The lowest BCUT2D eigenvalue weighted by Crippen LogP contribution is -2.50. The molecule has 2 aliphatic rings. The van der Waals surface area contributed by atoms with Crippen molar-refractivity contribution in [3.8, 4) is 0 Å². The van der Waals surface area contributed by atoms with Crippen molar-refractivity contribution in [3.63, 3.8) is 0 Å². The number of likely N-dealkylation sites (N-methyl/N-ethyl adjacent to an activating group) is 1. The highest BCUT2D eigenvalue weighted by Crippen LogP contribution is 2.40. The molecule has 0 aromatic heterocycles. The summed E-state index contributed by atoms with van der Waals surface area (Å²) in [5.74, 6) is 2.36. The molecule has 3 unspecified atom stereocenters. The minimum Gasteiger partial charge on any atom is -0.370 e. The van der Waals surface area contributed by atoms with Gasteiger partial charge >= 0.3 is 0 Å². The Bertz CT molecular complexity index is 296. The van der Waals surface area contributed by atoms with Crippen LogP contribution in [0.4, 0.5) is 0 Å². The summed E-state index contributed by atoms with van der Waals surface area (Å²) in [4.78, 5) is 0. The molecule has 0 radical (unpaired) electrons. The highest BCUT2D eigenvalue weighted by Gasteiger charge is 2.40. The maximum absolute atomic E-state index is 6.90. The van der Waals surface area contributed by atoms with Gasteiger partial charge in [-0.3, -0.25) is 0 Å². The zero-order valence-corrected chi connectivity index (χ0v) is 14.8. The van der Waals surface area contributed by atoms with Crippen LogP contribution in [0.1, 0.15) is 79.1 Å². The van der Waals surface area contributed by atoms with E-state index in [0.717, 1.165) is 30.8 Å². The van der Waals surface area contributed by atoms with E-state index in [4.69, 9.17) is 4.74 Å². The summed E-state index contributed by atoms with van der Waals surface area (Å²) in [7, 11) is 0. The van der Waals surface area contributed by atoms with Crippen molar-refractivity contribution in [1.29, 1.82) is 0 Å². The van der Waals surface area contributed by atoms with Crippen molar-refractivity contribution in [2.75, 3.05) is 13.1 Å². The quantitative estimate of drug-likeness (QED) is 0.761. The Labute approximate surface area is 132 Å². The molecule has 2 heteroatoms. The molecule has 1 N–H and O–H groups in total. The summed E-state index contributed by atoms with van der Waals surface area (Å²) < 4.78 is 6.90. The summed E-state index contributed by atoms with van der Waals surface area (Å²) in [5.41, 5.74) is 0.128. The molecular formula is C19H37NO. The van der Waals surface area contributed by atoms with Gasteiger partial charge in [0.25, 0.3) is 0 Å². The van der Waals surface area contributed by atoms with E-state index in [1.807, 2.05) is 0 Å². The number of hydrogen-bond acceptors (Lipinski definition) is 2. The predicted molar refractivity (Wildman–Crippen MR) is 90.6 cm³/mol. The van der Waals surface area contributed by atoms with Gasteiger partial charge in [-0.1, -0.05) is 53.4 Å². The number of ether oxygens (including phenoxy) is 1. The molecule has 3 atom stereocenters. The molecule has 0 aliphatic heterocycles. The zero-order valence-electron chi connectivity index (χ0n) is 14.8. The van der Waals surface area contributed by atoms with E-state index in [0.29, 0.717) is 6.10 Å². The van der Waals surface area contributed by atoms with Crippen LogP contribution in [0.5, 0.6) is 0 Å². The number of rotatable bonds is 6. The van der Waals surface area contributed by atoms with E-state index < -0.39 is 0 Å². The maximum atomic E-state index is 6.90. The first-order valence-electron chi connectivity index (χ1n) is 9.45. The largest absolute Gasteiger partial charge is 0.370 e. The lowest BCUT2D eigenvalue weighted by Gasteiger charge is -2.46. The molecule has 0 aromatic rings. The van der Waals surface area contributed by atoms with Gasteiger partial charge in [0.2, 0.25) is 0 Å². The van der Waals surface area contributed by atoms with Gasteiger partial charge in [-0.2, -0.15) is 0 Å². The van der Waals surface area contributed by atoms with Crippen LogP contribution in [0, 0.1) is 17.8 Å². The second kappa shape index (κ2) is 7.97. The summed E-state index contributed by atoms with van der Waals surface area (Å²) >= 11 is 0. The molecule has 2 aliphatic carbocycles. The van der Waals surface area contributed by atoms with Crippen LogP contribution in [0.15, 0.2) is 0 Å². The van der Waals surface area contributed by atoms with Crippen LogP contribution in [-0.4, -0.2) is 24.8 Å². The third-order valence-corrected chi connectivity index (χ3v) is 5.82. The van der Waals surface area contributed by atoms with Crippen LogP contribution in [0.2, 0.25) is 0 Å². The second-order valence-corrected chi connectivity index (χ2v) is 8.01. The van der Waals surface area contributed by atoms with Gasteiger partial charge in [-0.05, 0) is 50.0 Å². The third kappa shape index (κ3) is 4.69. The lowest BCUT2D eigenvalue weighted by atomic mass is 9.74. The molecule has 2 fully saturated rings. The van der Waals surface area contributed by atoms with Gasteiger partial charge in [0.05, 0.1) is 11.7 Å². The van der Waals surface area contributed by atoms with Crippen molar-refractivity contribution >= 4 is 0 Å². The van der Waals surface area contributed by atoms with Crippen molar-refractivity contribution < 1.29 is 4.74 Å². The van der Waals surface area contributed by atoms with Crippen LogP contribution in [0.3, 0.4) is 0 Å². The zero-order chi connectivity index (χ0) is 15.3. The van der Waals surface area contributed by atoms with Gasteiger partial charge in [0.15, 0.2) is 0 Å². The first-order chi connectivity index (χ1) is 10.1. The fourth-order valence-corrected chi connectivity index (χ4v) is 4.46. The minimum absolute atomic E-state index is 0.128. The first kappa shape index (κ1) is 17.3. The maximum Gasteiger partial charge on any atom is 0.0810 e. The molecule has 0 aromatic carbocycles. The Balaban J connectivity index is 2.05. The summed E-state index contributed by atoms with van der Waals surface area (Å²) in [6.07, 6.45) is 11.1. The molecule has 2 nitrogen and oxygen atoms in total. The number of hydrogen-bond donors (Lipinski definition) is 1. The minimum atomic E-state index is 0.128. The third-order valence-electron chi connectivity index (χ3n) is 5.82. The van der Waals surface area contributed by atoms with Gasteiger partial charge in [-0.15, -0.1) is 0 Å². The predicted octanol–water partition coefficient (Wildman–Crippen LogP) is 4.78. The molecule has 0 heterocycles. The SMILES string of the molecule is CCNCC1(OC2CC(C)CCC2C(C)C)CCCCC1. The molecule has 2 rings (SSSR count). The molecule has 0 saturated heterocycles. The molecule has 21 heavy (non-hydrogen) atoms. The van der Waals surface area contributed by atoms with Crippen LogP contribution >= 0.6 is 0 Å². The van der Waals surface area contributed by atoms with Crippen LogP contribution < -0.4 is 5.32 Å². The highest BCUT2D eigenvalue weighted by atomic mass is 16.5. The Hall–Kier alpha value is -0.0800. The molecule has 0 bridgehead atoms. The van der Waals surface area contributed by atoms with E-state index in [9.17, 15) is 0 Å². The fourth-order valence-electron chi connectivity index (χ4n) is 4.46. The molecule has 0 spiro atoms. The summed E-state index contributed by atoms with van der Waals surface area (Å²) in [6, 6.07) is 0. The topological polar surface area (TPSA) is 21.3 Å². The van der Waals surface area contributed by atoms with Gasteiger partial charge in [-0.25, -0.2) is 0 Å². The van der Waals surface area contributed by atoms with Crippen LogP contribution in [-0.2, 0) is 4.74 Å². The second-order valence-electron chi connectivity index (χ2n) is 8.01. The Morgan fingerprint density at radius 2 is 1.86 bits per heavy atom. The highest BCUT2D eigenvalue weighted by molar-refractivity contribution is 4.91. The molecule has 124 valence electrons. The monoisotopic (exact) mass is 295 g/mol. The first-order valence-corrected chi connectivity index (χ1v) is 9.45. The lowest BCUT2D eigenvalue weighted by molar-refractivity contribution is -0.152. The van der Waals surface area contributed by atoms with Crippen LogP contribution in [0.25, 0.3) is 0 Å². The smallest absolute Gasteiger partial charge is 0.0810 e. The van der Waals surface area contributed by atoms with Crippen molar-refractivity contribution in [1.82, 2.24) is 5.32 Å². The molecule has 0 amide bonds. The standard InChI is InChI=1S/C19H37NO/c1-5-20-14-19(11-7-6-8-12-19)21-18-13-16(4)9-10-17(18)15(2)3/h15-18,20H,5-14H2,1-4H3. The van der Waals surface area contributed by atoms with Gasteiger partial charge in [0.1, 0.15) is 0 Å². The van der Waals surface area contributed by atoms with E-state index in [-0.39, 0.29) is 5.60 Å². The summed E-state index contributed by atoms with van der Waals surface area (Å²) in [5, 5.41) is 3.58. The fraction of sp³-hybridized carbons (Fsp3) is 1.00. The Kier molecular flexibility index (Phi) is 6.55. The van der Waals surface area contributed by atoms with Gasteiger partial charge in [0, 0.05) is 6.54 Å². The average molecular weight is 296 g/mol. The summed E-state index contributed by atoms with van der Waals surface area (Å²) in [6.45, 7) is 11.5. The van der Waals surface area contributed by atoms with E-state index >= 15 is 0 Å². The Morgan fingerprint density at radius 3 is 2.48 bits per heavy atom. The normalized spacial score (nSPS) is 33.3. The van der Waals surface area contributed by atoms with E-state index in [1.165, 1.54) is 51.4 Å². The van der Waals surface area contributed by atoms with E-state index in [2.05, 4.69) is 33.0 Å². The Morgan fingerprint density at radius 1 is 1.14 bits per heavy atom.